The molecule has 1 aliphatic rings. The zero-order valence-electron chi connectivity index (χ0n) is 13.1. The fourth-order valence-corrected chi connectivity index (χ4v) is 2.47. The van der Waals surface area contributed by atoms with Gasteiger partial charge < -0.3 is 15.4 Å². The van der Waals surface area contributed by atoms with Crippen molar-refractivity contribution in [3.05, 3.63) is 35.6 Å². The maximum absolute atomic E-state index is 12.9. The van der Waals surface area contributed by atoms with Crippen molar-refractivity contribution in [2.45, 2.75) is 25.9 Å². The van der Waals surface area contributed by atoms with Crippen LogP contribution in [-0.4, -0.2) is 49.8 Å². The largest absolute Gasteiger partial charge is 0.379 e. The Hall–Kier alpha value is -1.66. The molecule has 1 aromatic carbocycles. The van der Waals surface area contributed by atoms with Crippen LogP contribution in [0.1, 0.15) is 25.5 Å². The Kier molecular flexibility index (Phi) is 6.15. The highest BCUT2D eigenvalue weighted by atomic mass is 19.1. The van der Waals surface area contributed by atoms with Crippen molar-refractivity contribution >= 4 is 6.03 Å². The summed E-state index contributed by atoms with van der Waals surface area (Å²) >= 11 is 0. The third kappa shape index (κ3) is 4.96. The van der Waals surface area contributed by atoms with E-state index in [9.17, 15) is 9.18 Å². The normalized spacial score (nSPS) is 18.5. The van der Waals surface area contributed by atoms with E-state index in [1.807, 2.05) is 6.92 Å². The summed E-state index contributed by atoms with van der Waals surface area (Å²) in [6, 6.07) is 6.04. The Morgan fingerprint density at radius 3 is 2.55 bits per heavy atom. The zero-order chi connectivity index (χ0) is 15.9. The molecule has 2 atom stereocenters. The van der Waals surface area contributed by atoms with Crippen molar-refractivity contribution in [2.75, 3.05) is 32.8 Å². The summed E-state index contributed by atoms with van der Waals surface area (Å²) in [6.07, 6.45) is 0. The van der Waals surface area contributed by atoms with Gasteiger partial charge in [0.25, 0.3) is 0 Å². The lowest BCUT2D eigenvalue weighted by Crippen LogP contribution is -2.49. The van der Waals surface area contributed by atoms with Crippen LogP contribution in [0.3, 0.4) is 0 Å². The number of amides is 2. The third-order valence-corrected chi connectivity index (χ3v) is 3.94. The number of carbonyl (C=O) groups excluding carboxylic acids is 1. The molecule has 1 heterocycles. The van der Waals surface area contributed by atoms with Gasteiger partial charge in [-0.25, -0.2) is 9.18 Å². The molecule has 2 amide bonds. The molecule has 0 aromatic heterocycles. The summed E-state index contributed by atoms with van der Waals surface area (Å²) in [6.45, 7) is 7.85. The molecule has 6 heteroatoms. The number of hydrogen-bond acceptors (Lipinski definition) is 3. The average molecular weight is 309 g/mol. The van der Waals surface area contributed by atoms with E-state index in [0.717, 1.165) is 31.9 Å². The first kappa shape index (κ1) is 16.7. The quantitative estimate of drug-likeness (QED) is 0.873. The summed E-state index contributed by atoms with van der Waals surface area (Å²) in [5, 5.41) is 5.74. The van der Waals surface area contributed by atoms with Gasteiger partial charge in [0.15, 0.2) is 0 Å². The van der Waals surface area contributed by atoms with E-state index < -0.39 is 0 Å². The van der Waals surface area contributed by atoms with Crippen molar-refractivity contribution in [2.24, 2.45) is 0 Å². The Balaban J connectivity index is 1.73. The van der Waals surface area contributed by atoms with Crippen LogP contribution in [0.25, 0.3) is 0 Å². The fourth-order valence-electron chi connectivity index (χ4n) is 2.47. The van der Waals surface area contributed by atoms with Crippen LogP contribution in [-0.2, 0) is 4.74 Å². The van der Waals surface area contributed by atoms with Crippen LogP contribution in [0.4, 0.5) is 9.18 Å². The van der Waals surface area contributed by atoms with E-state index in [2.05, 4.69) is 22.5 Å². The lowest BCUT2D eigenvalue weighted by molar-refractivity contribution is 0.0209. The molecule has 122 valence electrons. The van der Waals surface area contributed by atoms with Gasteiger partial charge in [-0.1, -0.05) is 12.1 Å². The highest BCUT2D eigenvalue weighted by molar-refractivity contribution is 5.74. The highest BCUT2D eigenvalue weighted by Crippen LogP contribution is 2.12. The van der Waals surface area contributed by atoms with Gasteiger partial charge in [-0.3, -0.25) is 4.90 Å². The molecule has 2 rings (SSSR count). The fraction of sp³-hybridized carbons (Fsp3) is 0.562. The lowest BCUT2D eigenvalue weighted by atomic mass is 10.1. The number of halogens is 1. The summed E-state index contributed by atoms with van der Waals surface area (Å²) in [7, 11) is 0. The van der Waals surface area contributed by atoms with Crippen LogP contribution in [0, 0.1) is 5.82 Å². The number of hydrogen-bond donors (Lipinski definition) is 2. The first-order valence-corrected chi connectivity index (χ1v) is 7.68. The molecule has 22 heavy (non-hydrogen) atoms. The van der Waals surface area contributed by atoms with Crippen molar-refractivity contribution < 1.29 is 13.9 Å². The van der Waals surface area contributed by atoms with Gasteiger partial charge in [0, 0.05) is 25.7 Å². The lowest BCUT2D eigenvalue weighted by Gasteiger charge is -2.32. The van der Waals surface area contributed by atoms with Crippen molar-refractivity contribution in [1.82, 2.24) is 15.5 Å². The highest BCUT2D eigenvalue weighted by Gasteiger charge is 2.17. The molecule has 1 aliphatic heterocycles. The van der Waals surface area contributed by atoms with E-state index in [0.29, 0.717) is 6.54 Å². The summed E-state index contributed by atoms with van der Waals surface area (Å²) in [5.41, 5.74) is 0.873. The molecule has 0 bridgehead atoms. The molecule has 0 spiro atoms. The van der Waals surface area contributed by atoms with Crippen LogP contribution in [0.2, 0.25) is 0 Å². The van der Waals surface area contributed by atoms with Crippen molar-refractivity contribution in [3.8, 4) is 0 Å². The zero-order valence-corrected chi connectivity index (χ0v) is 13.1. The summed E-state index contributed by atoms with van der Waals surface area (Å²) in [4.78, 5) is 14.2. The topological polar surface area (TPSA) is 53.6 Å². The molecule has 0 radical (unpaired) electrons. The van der Waals surface area contributed by atoms with Crippen LogP contribution in [0.15, 0.2) is 24.3 Å². The smallest absolute Gasteiger partial charge is 0.315 e. The standard InChI is InChI=1S/C16H24FN3O2/c1-12(20-7-9-22-10-8-20)11-18-16(21)19-13(2)14-3-5-15(17)6-4-14/h3-6,12-13H,7-11H2,1-2H3,(H2,18,19,21)/t12-,13-/m1/s1. The second-order valence-corrected chi connectivity index (χ2v) is 5.62. The SMILES string of the molecule is C[C@H](CNC(=O)N[C@H](C)c1ccc(F)cc1)N1CCOCC1. The molecule has 0 unspecified atom stereocenters. The number of carbonyl (C=O) groups is 1. The molecule has 1 aromatic rings. The van der Waals surface area contributed by atoms with Gasteiger partial charge >= 0.3 is 6.03 Å². The minimum absolute atomic E-state index is 0.167. The molecule has 2 N–H and O–H groups in total. The van der Waals surface area contributed by atoms with Crippen molar-refractivity contribution in [3.63, 3.8) is 0 Å². The predicted molar refractivity (Wildman–Crippen MR) is 83.2 cm³/mol. The molecule has 1 fully saturated rings. The monoisotopic (exact) mass is 309 g/mol. The average Bonchev–Trinajstić information content (AvgIpc) is 2.54. The van der Waals surface area contributed by atoms with E-state index in [1.54, 1.807) is 12.1 Å². The maximum Gasteiger partial charge on any atom is 0.315 e. The van der Waals surface area contributed by atoms with E-state index in [-0.39, 0.29) is 23.9 Å². The number of rotatable bonds is 5. The van der Waals surface area contributed by atoms with Crippen LogP contribution < -0.4 is 10.6 Å². The Labute approximate surface area is 130 Å². The van der Waals surface area contributed by atoms with E-state index in [4.69, 9.17) is 4.74 Å². The Morgan fingerprint density at radius 2 is 1.91 bits per heavy atom. The minimum atomic E-state index is -0.278. The number of benzene rings is 1. The Morgan fingerprint density at radius 1 is 1.27 bits per heavy atom. The number of morpholine rings is 1. The molecular weight excluding hydrogens is 285 g/mol. The summed E-state index contributed by atoms with van der Waals surface area (Å²) < 4.78 is 18.2. The van der Waals surface area contributed by atoms with E-state index in [1.165, 1.54) is 12.1 Å². The molecule has 0 aliphatic carbocycles. The first-order chi connectivity index (χ1) is 10.6. The van der Waals surface area contributed by atoms with Gasteiger partial charge in [-0.05, 0) is 31.5 Å². The van der Waals surface area contributed by atoms with Gasteiger partial charge in [0.2, 0.25) is 0 Å². The number of nitrogens with one attached hydrogen (secondary N) is 2. The third-order valence-electron chi connectivity index (χ3n) is 3.94. The first-order valence-electron chi connectivity index (χ1n) is 7.68. The van der Waals surface area contributed by atoms with E-state index >= 15 is 0 Å². The minimum Gasteiger partial charge on any atom is -0.379 e. The Bertz CT molecular complexity index is 475. The predicted octanol–water partition coefficient (Wildman–Crippen LogP) is 1.91. The van der Waals surface area contributed by atoms with Crippen LogP contribution >= 0.6 is 0 Å². The van der Waals surface area contributed by atoms with Crippen LogP contribution in [0.5, 0.6) is 0 Å². The number of ether oxygens (including phenoxy) is 1. The molecule has 5 nitrogen and oxygen atoms in total. The van der Waals surface area contributed by atoms with Gasteiger partial charge in [0.1, 0.15) is 5.82 Å². The number of nitrogens with zero attached hydrogens (tertiary/aromatic N) is 1. The maximum atomic E-state index is 12.9. The molecular formula is C16H24FN3O2. The second kappa shape index (κ2) is 8.10. The van der Waals surface area contributed by atoms with Crippen molar-refractivity contribution in [1.29, 1.82) is 0 Å². The van der Waals surface area contributed by atoms with Gasteiger partial charge in [-0.15, -0.1) is 0 Å². The number of urea groups is 1. The second-order valence-electron chi connectivity index (χ2n) is 5.62. The summed E-state index contributed by atoms with van der Waals surface area (Å²) in [5.74, 6) is -0.278. The van der Waals surface area contributed by atoms with Gasteiger partial charge in [0.05, 0.1) is 19.3 Å². The van der Waals surface area contributed by atoms with Gasteiger partial charge in [-0.2, -0.15) is 0 Å². The molecule has 1 saturated heterocycles. The molecule has 0 saturated carbocycles.